The topological polar surface area (TPSA) is 348 Å². The van der Waals surface area contributed by atoms with Crippen molar-refractivity contribution < 1.29 is 63.9 Å². The lowest BCUT2D eigenvalue weighted by Crippen LogP contribution is -2.62. The Morgan fingerprint density at radius 3 is 1.57 bits per heavy atom. The first-order chi connectivity index (χ1) is 26.4. The number of carboxylic acids is 1. The smallest absolute Gasteiger partial charge is 0.322 e. The summed E-state index contributed by atoms with van der Waals surface area (Å²) in [5, 5.41) is 65.2. The largest absolute Gasteiger partial charge is 0.508 e. The minimum Gasteiger partial charge on any atom is -0.508 e. The van der Waals surface area contributed by atoms with E-state index in [2.05, 4.69) is 37.2 Å². The van der Waals surface area contributed by atoms with Gasteiger partial charge in [0.05, 0.1) is 31.9 Å². The number of phenolic OH excluding ortho intramolecular Hbond substituents is 1. The van der Waals surface area contributed by atoms with E-state index in [1.807, 2.05) is 0 Å². The number of nitrogens with two attached hydrogens (primary N) is 1. The molecule has 2 aromatic carbocycles. The van der Waals surface area contributed by atoms with Crippen LogP contribution in [0.3, 0.4) is 0 Å². The highest BCUT2D eigenvalue weighted by Crippen LogP contribution is 2.12. The lowest BCUT2D eigenvalue weighted by atomic mass is 10.0. The van der Waals surface area contributed by atoms with Crippen LogP contribution in [0.1, 0.15) is 25.0 Å². The van der Waals surface area contributed by atoms with Gasteiger partial charge >= 0.3 is 5.97 Å². The van der Waals surface area contributed by atoms with Gasteiger partial charge in [0.1, 0.15) is 42.5 Å². The predicted octanol–water partition coefficient (Wildman–Crippen LogP) is -5.37. The fraction of sp³-hybridized carbons (Fsp3) is 0.429. The third kappa shape index (κ3) is 15.7. The summed E-state index contributed by atoms with van der Waals surface area (Å²) >= 11 is 0. The molecule has 0 spiro atoms. The Morgan fingerprint density at radius 2 is 1.07 bits per heavy atom. The second-order valence-corrected chi connectivity index (χ2v) is 12.5. The van der Waals surface area contributed by atoms with Gasteiger partial charge in [-0.15, -0.1) is 0 Å². The number of aliphatic hydroxyl groups is 3. The predicted molar refractivity (Wildman–Crippen MR) is 195 cm³/mol. The summed E-state index contributed by atoms with van der Waals surface area (Å²) in [4.78, 5) is 101. The lowest BCUT2D eigenvalue weighted by Gasteiger charge is -2.28. The van der Waals surface area contributed by atoms with E-state index in [0.29, 0.717) is 11.1 Å². The van der Waals surface area contributed by atoms with Crippen LogP contribution in [0.25, 0.3) is 0 Å². The normalized spacial score (nSPS) is 14.5. The average molecular weight is 789 g/mol. The molecule has 0 aliphatic rings. The van der Waals surface area contributed by atoms with Crippen LogP contribution >= 0.6 is 0 Å². The molecular formula is C35H48N8O13. The number of benzene rings is 2. The highest BCUT2D eigenvalue weighted by Gasteiger charge is 2.35. The number of phenols is 1. The van der Waals surface area contributed by atoms with Gasteiger partial charge in [-0.25, -0.2) is 0 Å². The highest BCUT2D eigenvalue weighted by atomic mass is 16.4. The molecule has 14 N–H and O–H groups in total. The first-order valence-electron chi connectivity index (χ1n) is 17.2. The summed E-state index contributed by atoms with van der Waals surface area (Å²) in [6.07, 6.45) is -3.50. The van der Waals surface area contributed by atoms with Crippen LogP contribution in [0.15, 0.2) is 54.6 Å². The average Bonchev–Trinajstić information content (AvgIpc) is 3.16. The Kier molecular flexibility index (Phi) is 18.8. The van der Waals surface area contributed by atoms with Gasteiger partial charge in [0, 0.05) is 12.8 Å². The van der Waals surface area contributed by atoms with Crippen molar-refractivity contribution in [3.8, 4) is 5.75 Å². The van der Waals surface area contributed by atoms with E-state index >= 15 is 0 Å². The quantitative estimate of drug-likeness (QED) is 0.0530. The highest BCUT2D eigenvalue weighted by molar-refractivity contribution is 5.97. The van der Waals surface area contributed by atoms with Crippen molar-refractivity contribution in [1.29, 1.82) is 0 Å². The Morgan fingerprint density at radius 1 is 0.589 bits per heavy atom. The van der Waals surface area contributed by atoms with Gasteiger partial charge in [-0.3, -0.25) is 38.4 Å². The molecule has 7 atom stereocenters. The SMILES string of the molecule is C[C@@H](O)[C@H](NC(=O)CNC(=O)CN)C(=O)N[C@@H](Cc1ccccc1)C(=O)N[C@@H](CO)C(=O)N[C@H](C(=O)N[C@@H](Cc1ccc(O)cc1)C(=O)NCC(=O)O)[C@@H](C)O. The van der Waals surface area contributed by atoms with Gasteiger partial charge in [-0.1, -0.05) is 42.5 Å². The first kappa shape index (κ1) is 46.0. The third-order valence-electron chi connectivity index (χ3n) is 7.93. The van der Waals surface area contributed by atoms with E-state index in [-0.39, 0.29) is 18.6 Å². The van der Waals surface area contributed by atoms with Crippen molar-refractivity contribution in [3.63, 3.8) is 0 Å². The van der Waals surface area contributed by atoms with Gasteiger partial charge in [0.2, 0.25) is 41.4 Å². The zero-order chi connectivity index (χ0) is 41.9. The molecule has 0 aromatic heterocycles. The molecule has 306 valence electrons. The molecule has 0 heterocycles. The second kappa shape index (κ2) is 22.9. The van der Waals surface area contributed by atoms with Crippen molar-refractivity contribution in [2.24, 2.45) is 5.73 Å². The molecular weight excluding hydrogens is 740 g/mol. The van der Waals surface area contributed by atoms with Gasteiger partial charge in [-0.2, -0.15) is 0 Å². The number of hydrogen-bond acceptors (Lipinski definition) is 13. The second-order valence-electron chi connectivity index (χ2n) is 12.5. The van der Waals surface area contributed by atoms with Crippen LogP contribution < -0.4 is 43.0 Å². The molecule has 2 rings (SSSR count). The number of carbonyl (C=O) groups is 8. The summed E-state index contributed by atoms with van der Waals surface area (Å²) in [6, 6.07) is 5.67. The van der Waals surface area contributed by atoms with E-state index in [4.69, 9.17) is 10.8 Å². The lowest BCUT2D eigenvalue weighted by molar-refractivity contribution is -0.139. The van der Waals surface area contributed by atoms with Crippen LogP contribution in [0.2, 0.25) is 0 Å². The molecule has 21 heteroatoms. The summed E-state index contributed by atoms with van der Waals surface area (Å²) in [5.41, 5.74) is 6.16. The number of hydrogen-bond donors (Lipinski definition) is 13. The number of carbonyl (C=O) groups excluding carboxylic acids is 7. The molecule has 2 aromatic rings. The molecule has 0 saturated carbocycles. The van der Waals surface area contributed by atoms with E-state index in [9.17, 15) is 58.8 Å². The molecule has 0 radical (unpaired) electrons. The number of aromatic hydroxyl groups is 1. The van der Waals surface area contributed by atoms with Crippen LogP contribution in [0.5, 0.6) is 5.75 Å². The minimum absolute atomic E-state index is 0.0829. The Balaban J connectivity index is 2.26. The molecule has 7 amide bonds. The maximum atomic E-state index is 13.6. The Labute approximate surface area is 320 Å². The van der Waals surface area contributed by atoms with Crippen LogP contribution in [-0.4, -0.2) is 142 Å². The maximum absolute atomic E-state index is 13.6. The minimum atomic E-state index is -1.78. The Bertz CT molecular complexity index is 1680. The molecule has 21 nitrogen and oxygen atoms in total. The van der Waals surface area contributed by atoms with Gasteiger partial charge in [0.15, 0.2) is 0 Å². The number of rotatable bonds is 22. The summed E-state index contributed by atoms with van der Waals surface area (Å²) in [5.74, 6) is -8.23. The zero-order valence-corrected chi connectivity index (χ0v) is 30.6. The Hall–Kier alpha value is -6.16. The zero-order valence-electron chi connectivity index (χ0n) is 30.6. The molecule has 0 unspecified atom stereocenters. The third-order valence-corrected chi connectivity index (χ3v) is 7.93. The van der Waals surface area contributed by atoms with Crippen molar-refractivity contribution in [3.05, 3.63) is 65.7 Å². The molecule has 0 aliphatic carbocycles. The van der Waals surface area contributed by atoms with Crippen LogP contribution in [0.4, 0.5) is 0 Å². The summed E-state index contributed by atoms with van der Waals surface area (Å²) in [7, 11) is 0. The van der Waals surface area contributed by atoms with E-state index in [0.717, 1.165) is 6.92 Å². The molecule has 0 bridgehead atoms. The number of aliphatic hydroxyl groups excluding tert-OH is 3. The van der Waals surface area contributed by atoms with Gasteiger partial charge in [0.25, 0.3) is 0 Å². The molecule has 0 saturated heterocycles. The molecule has 0 aliphatic heterocycles. The van der Waals surface area contributed by atoms with Crippen molar-refractivity contribution in [2.45, 2.75) is 69.1 Å². The van der Waals surface area contributed by atoms with Crippen molar-refractivity contribution in [1.82, 2.24) is 37.2 Å². The molecule has 56 heavy (non-hydrogen) atoms. The first-order valence-corrected chi connectivity index (χ1v) is 17.2. The van der Waals surface area contributed by atoms with Crippen molar-refractivity contribution in [2.75, 3.05) is 26.2 Å². The standard InChI is InChI=1S/C35H48N8O13/c1-18(45)29(42-27(49)15-37-26(48)14-36)34(55)40-24(12-20-6-4-3-5-7-20)32(53)41-25(17-44)33(54)43-30(19(2)46)35(56)39-23(31(52)38-16-28(50)51)13-21-8-10-22(47)11-9-21/h3-11,18-19,23-25,29-30,44-47H,12-17,36H2,1-2H3,(H,37,48)(H,38,52)(H,39,56)(H,40,55)(H,41,53)(H,42,49)(H,43,54)(H,50,51)/t18-,19-,23+,24+,25+,29+,30+/m1/s1. The van der Waals surface area contributed by atoms with Gasteiger partial charge < -0.3 is 68.5 Å². The number of carboxylic acid groups (broad SMARTS) is 1. The number of aliphatic carboxylic acids is 1. The number of amides is 7. The summed E-state index contributed by atoms with van der Waals surface area (Å²) < 4.78 is 0. The van der Waals surface area contributed by atoms with E-state index < -0.39 is 116 Å². The number of nitrogens with one attached hydrogen (secondary N) is 7. The van der Waals surface area contributed by atoms with Crippen LogP contribution in [0, 0.1) is 0 Å². The van der Waals surface area contributed by atoms with E-state index in [1.165, 1.54) is 31.2 Å². The van der Waals surface area contributed by atoms with Crippen molar-refractivity contribution >= 4 is 47.3 Å². The molecule has 0 fully saturated rings. The maximum Gasteiger partial charge on any atom is 0.322 e. The monoisotopic (exact) mass is 788 g/mol. The van der Waals surface area contributed by atoms with Gasteiger partial charge in [-0.05, 0) is 37.1 Å². The van der Waals surface area contributed by atoms with E-state index in [1.54, 1.807) is 30.3 Å². The fourth-order valence-corrected chi connectivity index (χ4v) is 4.95. The fourth-order valence-electron chi connectivity index (χ4n) is 4.95. The summed E-state index contributed by atoms with van der Waals surface area (Å²) in [6.45, 7) is -0.485. The van der Waals surface area contributed by atoms with Crippen LogP contribution in [-0.2, 0) is 51.2 Å².